The Hall–Kier alpha value is -0.890. The lowest BCUT2D eigenvalue weighted by atomic mass is 9.64. The quantitative estimate of drug-likeness (QED) is 0.834. The highest BCUT2D eigenvalue weighted by atomic mass is 19.1. The number of nitrogens with one attached hydrogen (secondary N) is 1. The van der Waals surface area contributed by atoms with E-state index in [4.69, 9.17) is 0 Å². The Balaban J connectivity index is 2.11. The summed E-state index contributed by atoms with van der Waals surface area (Å²) in [5.74, 6) is 1.27. The van der Waals surface area contributed by atoms with Crippen LogP contribution in [0.3, 0.4) is 0 Å². The molecule has 0 aromatic heterocycles. The first-order valence-corrected chi connectivity index (χ1v) is 7.58. The van der Waals surface area contributed by atoms with E-state index in [0.717, 1.165) is 17.7 Å². The molecule has 1 aromatic carbocycles. The summed E-state index contributed by atoms with van der Waals surface area (Å²) in [7, 11) is 0. The van der Waals surface area contributed by atoms with E-state index in [-0.39, 0.29) is 5.82 Å². The van der Waals surface area contributed by atoms with E-state index in [1.165, 1.54) is 24.8 Å². The Morgan fingerprint density at radius 3 is 2.37 bits per heavy atom. The summed E-state index contributed by atoms with van der Waals surface area (Å²) >= 11 is 0. The zero-order valence-electron chi connectivity index (χ0n) is 12.6. The standard InChI is InChI=1S/C17H26FN/c1-5-7-19-16-10-15(14(16)6-2)13-8-11(3)17(18)12(4)9-13/h8-9,14-16,19H,5-7,10H2,1-4H3. The van der Waals surface area contributed by atoms with E-state index < -0.39 is 0 Å². The van der Waals surface area contributed by atoms with Crippen LogP contribution in [0.5, 0.6) is 0 Å². The number of aryl methyl sites for hydroxylation is 2. The van der Waals surface area contributed by atoms with Gasteiger partial charge in [-0.05, 0) is 61.8 Å². The molecule has 3 unspecified atom stereocenters. The lowest BCUT2D eigenvalue weighted by Gasteiger charge is -2.45. The van der Waals surface area contributed by atoms with Gasteiger partial charge in [0.25, 0.3) is 0 Å². The van der Waals surface area contributed by atoms with Crippen molar-refractivity contribution in [1.82, 2.24) is 5.32 Å². The topological polar surface area (TPSA) is 12.0 Å². The molecule has 1 nitrogen and oxygen atoms in total. The average Bonchev–Trinajstić information content (AvgIpc) is 2.35. The molecule has 0 radical (unpaired) electrons. The molecule has 1 aliphatic carbocycles. The second-order valence-electron chi connectivity index (χ2n) is 5.94. The van der Waals surface area contributed by atoms with Crippen molar-refractivity contribution in [2.75, 3.05) is 6.54 Å². The Morgan fingerprint density at radius 2 is 1.84 bits per heavy atom. The summed E-state index contributed by atoms with van der Waals surface area (Å²) < 4.78 is 13.7. The number of halogens is 1. The zero-order chi connectivity index (χ0) is 14.0. The molecule has 0 heterocycles. The van der Waals surface area contributed by atoms with E-state index in [0.29, 0.717) is 17.9 Å². The van der Waals surface area contributed by atoms with Gasteiger partial charge >= 0.3 is 0 Å². The first-order chi connectivity index (χ1) is 9.08. The summed E-state index contributed by atoms with van der Waals surface area (Å²) in [6.07, 6.45) is 3.58. The van der Waals surface area contributed by atoms with Gasteiger partial charge in [0.15, 0.2) is 0 Å². The highest BCUT2D eigenvalue weighted by Crippen LogP contribution is 2.45. The van der Waals surface area contributed by atoms with Gasteiger partial charge in [-0.15, -0.1) is 0 Å². The van der Waals surface area contributed by atoms with Gasteiger partial charge < -0.3 is 5.32 Å². The van der Waals surface area contributed by atoms with E-state index in [1.807, 2.05) is 26.0 Å². The Bertz CT molecular complexity index is 418. The van der Waals surface area contributed by atoms with E-state index >= 15 is 0 Å². The minimum absolute atomic E-state index is 0.0446. The molecule has 0 aliphatic heterocycles. The first kappa shape index (κ1) is 14.5. The Labute approximate surface area is 116 Å². The molecule has 2 heteroatoms. The van der Waals surface area contributed by atoms with Crippen LogP contribution in [0.25, 0.3) is 0 Å². The van der Waals surface area contributed by atoms with Crippen molar-refractivity contribution >= 4 is 0 Å². The molecule has 0 saturated heterocycles. The van der Waals surface area contributed by atoms with Gasteiger partial charge in [0, 0.05) is 6.04 Å². The number of hydrogen-bond acceptors (Lipinski definition) is 1. The predicted octanol–water partition coefficient (Wildman–Crippen LogP) is 4.32. The second-order valence-corrected chi connectivity index (χ2v) is 5.94. The molecule has 106 valence electrons. The maximum atomic E-state index is 13.7. The van der Waals surface area contributed by atoms with Crippen molar-refractivity contribution in [3.8, 4) is 0 Å². The minimum Gasteiger partial charge on any atom is -0.314 e. The molecule has 3 atom stereocenters. The van der Waals surface area contributed by atoms with Crippen LogP contribution in [0.2, 0.25) is 0 Å². The molecule has 0 bridgehead atoms. The molecule has 1 aromatic rings. The zero-order valence-corrected chi connectivity index (χ0v) is 12.6. The number of benzene rings is 1. The van der Waals surface area contributed by atoms with Gasteiger partial charge in [-0.2, -0.15) is 0 Å². The molecular formula is C17H26FN. The van der Waals surface area contributed by atoms with Crippen molar-refractivity contribution in [3.05, 3.63) is 34.6 Å². The van der Waals surface area contributed by atoms with Gasteiger partial charge in [0.05, 0.1) is 0 Å². The molecule has 0 spiro atoms. The fourth-order valence-electron chi connectivity index (χ4n) is 3.42. The van der Waals surface area contributed by atoms with Gasteiger partial charge in [-0.25, -0.2) is 4.39 Å². The molecule has 1 fully saturated rings. The van der Waals surface area contributed by atoms with Crippen LogP contribution in [0, 0.1) is 25.6 Å². The fraction of sp³-hybridized carbons (Fsp3) is 0.647. The molecule has 0 amide bonds. The summed E-state index contributed by atoms with van der Waals surface area (Å²) in [5.41, 5.74) is 2.91. The maximum Gasteiger partial charge on any atom is 0.129 e. The second kappa shape index (κ2) is 6.04. The van der Waals surface area contributed by atoms with Crippen molar-refractivity contribution in [2.24, 2.45) is 5.92 Å². The van der Waals surface area contributed by atoms with Gasteiger partial charge in [0.1, 0.15) is 5.82 Å². The average molecular weight is 263 g/mol. The molecule has 1 N–H and O–H groups in total. The van der Waals surface area contributed by atoms with Crippen LogP contribution in [0.1, 0.15) is 55.7 Å². The summed E-state index contributed by atoms with van der Waals surface area (Å²) in [6, 6.07) is 4.75. The molecule has 1 aliphatic rings. The fourth-order valence-corrected chi connectivity index (χ4v) is 3.42. The normalized spacial score (nSPS) is 26.3. The van der Waals surface area contributed by atoms with Crippen molar-refractivity contribution in [1.29, 1.82) is 0 Å². The Morgan fingerprint density at radius 1 is 1.21 bits per heavy atom. The minimum atomic E-state index is -0.0446. The third kappa shape index (κ3) is 2.84. The Kier molecular flexibility index (Phi) is 4.62. The van der Waals surface area contributed by atoms with Crippen molar-refractivity contribution in [2.45, 2.75) is 58.9 Å². The lowest BCUT2D eigenvalue weighted by Crippen LogP contribution is -2.49. The number of rotatable bonds is 5. The summed E-state index contributed by atoms with van der Waals surface area (Å²) in [4.78, 5) is 0. The smallest absolute Gasteiger partial charge is 0.129 e. The molecule has 19 heavy (non-hydrogen) atoms. The lowest BCUT2D eigenvalue weighted by molar-refractivity contribution is 0.161. The summed E-state index contributed by atoms with van der Waals surface area (Å²) in [5, 5.41) is 3.64. The van der Waals surface area contributed by atoms with Crippen LogP contribution >= 0.6 is 0 Å². The van der Waals surface area contributed by atoms with Gasteiger partial charge in [-0.1, -0.05) is 32.4 Å². The third-order valence-electron chi connectivity index (χ3n) is 4.56. The first-order valence-electron chi connectivity index (χ1n) is 7.58. The maximum absolute atomic E-state index is 13.7. The van der Waals surface area contributed by atoms with Gasteiger partial charge in [-0.3, -0.25) is 0 Å². The van der Waals surface area contributed by atoms with Gasteiger partial charge in [0.2, 0.25) is 0 Å². The van der Waals surface area contributed by atoms with E-state index in [1.54, 1.807) is 0 Å². The van der Waals surface area contributed by atoms with Crippen LogP contribution in [-0.2, 0) is 0 Å². The monoisotopic (exact) mass is 263 g/mol. The van der Waals surface area contributed by atoms with Crippen LogP contribution in [-0.4, -0.2) is 12.6 Å². The van der Waals surface area contributed by atoms with Crippen LogP contribution in [0.15, 0.2) is 12.1 Å². The van der Waals surface area contributed by atoms with E-state index in [9.17, 15) is 4.39 Å². The summed E-state index contributed by atoms with van der Waals surface area (Å²) in [6.45, 7) is 9.32. The molecule has 2 rings (SSSR count). The molecular weight excluding hydrogens is 237 g/mol. The van der Waals surface area contributed by atoms with Crippen LogP contribution < -0.4 is 5.32 Å². The number of hydrogen-bond donors (Lipinski definition) is 1. The van der Waals surface area contributed by atoms with Crippen molar-refractivity contribution in [3.63, 3.8) is 0 Å². The predicted molar refractivity (Wildman–Crippen MR) is 79.1 cm³/mol. The highest BCUT2D eigenvalue weighted by molar-refractivity contribution is 5.34. The van der Waals surface area contributed by atoms with Crippen molar-refractivity contribution < 1.29 is 4.39 Å². The van der Waals surface area contributed by atoms with E-state index in [2.05, 4.69) is 19.2 Å². The largest absolute Gasteiger partial charge is 0.314 e. The third-order valence-corrected chi connectivity index (χ3v) is 4.56. The highest BCUT2D eigenvalue weighted by Gasteiger charge is 2.40. The SMILES string of the molecule is CCCNC1CC(c2cc(C)c(F)c(C)c2)C1CC. The molecule has 1 saturated carbocycles. The van der Waals surface area contributed by atoms with Crippen LogP contribution in [0.4, 0.5) is 4.39 Å².